The predicted octanol–water partition coefficient (Wildman–Crippen LogP) is 16.3. The third-order valence-electron chi connectivity index (χ3n) is 9.30. The number of hydrogen-bond acceptors (Lipinski definition) is 0. The van der Waals surface area contributed by atoms with Crippen molar-refractivity contribution < 1.29 is 60.4 Å². The van der Waals surface area contributed by atoms with Gasteiger partial charge in [0.2, 0.25) is 0 Å². The second-order valence-electron chi connectivity index (χ2n) is 14.8. The monoisotopic (exact) mass is 930 g/mol. The summed E-state index contributed by atoms with van der Waals surface area (Å²) >= 11 is -0.826. The number of rotatable bonds is 4. The molecule has 13 heteroatoms. The standard InChI is InChI=1S/C22H25.C20H12F9.C2H6Si.2ClH.Zr/c1-15(2)18-13-17-7-6-8-20(21(17)14-18)16-9-11-19(12-10-16)22(3,4)5;1-11-9-13-3-2-4-15(16(13)10-11)12-5-7-14(8-6-12)17(18(21,22)23,19(24,25)26)20(27,28)29;1-3-2;;;/h6-15H,1-5H3;2-10H,1H3;1-2H3;2*1H;/q2*-1;;;;+4/p-2. The molecule has 0 spiro atoms. The molecule has 0 unspecified atom stereocenters. The first kappa shape index (κ1) is 48.5. The van der Waals surface area contributed by atoms with Crippen molar-refractivity contribution in [1.82, 2.24) is 0 Å². The third kappa shape index (κ3) is 11.1. The molecule has 0 saturated carbocycles. The van der Waals surface area contributed by atoms with E-state index in [9.17, 15) is 39.5 Å². The molecule has 6 aromatic carbocycles. The van der Waals surface area contributed by atoms with Gasteiger partial charge in [-0.05, 0) is 33.6 Å². The van der Waals surface area contributed by atoms with Gasteiger partial charge in [0, 0.05) is 9.52 Å². The van der Waals surface area contributed by atoms with Gasteiger partial charge in [0.1, 0.15) is 0 Å². The maximum atomic E-state index is 13.2. The van der Waals surface area contributed by atoms with Gasteiger partial charge in [0.25, 0.3) is 5.41 Å². The summed E-state index contributed by atoms with van der Waals surface area (Å²) in [6, 6.07) is 31.1. The average molecular weight is 933 g/mol. The van der Waals surface area contributed by atoms with E-state index in [1.165, 1.54) is 33.0 Å². The Bertz CT molecular complexity index is 2130. The molecule has 0 nitrogen and oxygen atoms in total. The van der Waals surface area contributed by atoms with Crippen LogP contribution in [-0.4, -0.2) is 28.0 Å². The normalized spacial score (nSPS) is 12.3. The molecule has 0 heterocycles. The average Bonchev–Trinajstić information content (AvgIpc) is 3.71. The van der Waals surface area contributed by atoms with Gasteiger partial charge in [0.05, 0.1) is 0 Å². The fourth-order valence-corrected chi connectivity index (χ4v) is 6.50. The number of benzene rings is 4. The minimum atomic E-state index is -6.63. The number of hydrogen-bond donors (Lipinski definition) is 0. The van der Waals surface area contributed by atoms with Crippen molar-refractivity contribution in [1.29, 1.82) is 0 Å². The molecule has 304 valence electrons. The summed E-state index contributed by atoms with van der Waals surface area (Å²) in [5, 5.41) is 4.20. The van der Waals surface area contributed by atoms with E-state index in [4.69, 9.17) is 17.0 Å². The van der Waals surface area contributed by atoms with E-state index in [1.807, 2.05) is 6.07 Å². The molecule has 0 aliphatic carbocycles. The van der Waals surface area contributed by atoms with Crippen LogP contribution in [0.2, 0.25) is 13.1 Å². The zero-order valence-electron chi connectivity index (χ0n) is 32.6. The van der Waals surface area contributed by atoms with Crippen LogP contribution in [0.5, 0.6) is 0 Å². The summed E-state index contributed by atoms with van der Waals surface area (Å²) in [6.07, 6.45) is -19.9. The van der Waals surface area contributed by atoms with Crippen molar-refractivity contribution in [2.45, 2.75) is 89.9 Å². The van der Waals surface area contributed by atoms with Crippen molar-refractivity contribution in [3.05, 3.63) is 131 Å². The molecular formula is C44H43Cl2F9SiZr. The molecule has 0 aliphatic rings. The molecular weight excluding hydrogens is 890 g/mol. The van der Waals surface area contributed by atoms with Crippen LogP contribution in [0.1, 0.15) is 62.8 Å². The van der Waals surface area contributed by atoms with E-state index < -0.39 is 50.4 Å². The van der Waals surface area contributed by atoms with E-state index >= 15 is 0 Å². The van der Waals surface area contributed by atoms with E-state index in [0.717, 1.165) is 32.6 Å². The van der Waals surface area contributed by atoms with Gasteiger partial charge in [-0.15, -0.1) is 69.1 Å². The van der Waals surface area contributed by atoms with Crippen molar-refractivity contribution in [2.24, 2.45) is 0 Å². The second-order valence-corrected chi connectivity index (χ2v) is 19.5. The molecule has 6 rings (SSSR count). The SMILES string of the molecule is CC(C)c1cc2c(-c3ccc(C(C)(C)C)cc3)cccc2[cH-]1.C[Si]C.Cc1cc2c(-c3ccc(C(C(F)(F)F)(C(F)(F)F)C(F)(F)F)cc3)cccc2[cH-]1.[Cl][Zr+2][Cl]. The molecule has 0 aromatic heterocycles. The number of halogens is 11. The summed E-state index contributed by atoms with van der Waals surface area (Å²) in [6.45, 7) is 17.4. The first-order valence-corrected chi connectivity index (χ1v) is 26.0. The molecule has 0 amide bonds. The van der Waals surface area contributed by atoms with Gasteiger partial charge in [0.15, 0.2) is 0 Å². The van der Waals surface area contributed by atoms with E-state index in [-0.39, 0.29) is 23.1 Å². The Balaban J connectivity index is 0.000000275. The van der Waals surface area contributed by atoms with Gasteiger partial charge in [-0.25, -0.2) is 0 Å². The summed E-state index contributed by atoms with van der Waals surface area (Å²) in [5.41, 5.74) is -0.686. The Labute approximate surface area is 350 Å². The summed E-state index contributed by atoms with van der Waals surface area (Å²) in [7, 11) is 11.0. The first-order valence-electron chi connectivity index (χ1n) is 17.7. The molecule has 0 aliphatic heterocycles. The van der Waals surface area contributed by atoms with Gasteiger partial charge < -0.3 is 0 Å². The van der Waals surface area contributed by atoms with E-state index in [1.54, 1.807) is 31.2 Å². The van der Waals surface area contributed by atoms with Crippen LogP contribution >= 0.6 is 17.0 Å². The summed E-state index contributed by atoms with van der Waals surface area (Å²) in [4.78, 5) is 0. The van der Waals surface area contributed by atoms with Crippen molar-refractivity contribution in [3.8, 4) is 22.3 Å². The predicted molar refractivity (Wildman–Crippen MR) is 217 cm³/mol. The number of aryl methyl sites for hydroxylation is 1. The summed E-state index contributed by atoms with van der Waals surface area (Å²) in [5.74, 6) is 0.573. The van der Waals surface area contributed by atoms with Crippen LogP contribution in [0.15, 0.2) is 109 Å². The van der Waals surface area contributed by atoms with Crippen molar-refractivity contribution in [2.75, 3.05) is 0 Å². The van der Waals surface area contributed by atoms with Crippen LogP contribution in [0.3, 0.4) is 0 Å². The zero-order chi connectivity index (χ0) is 43.1. The minimum absolute atomic E-state index is 0.199. The van der Waals surface area contributed by atoms with Crippen LogP contribution < -0.4 is 0 Å². The van der Waals surface area contributed by atoms with Gasteiger partial charge in [-0.1, -0.05) is 126 Å². The quantitative estimate of drug-likeness (QED) is 0.0939. The zero-order valence-corrected chi connectivity index (χ0v) is 37.6. The van der Waals surface area contributed by atoms with Crippen LogP contribution in [-0.2, 0) is 31.7 Å². The third-order valence-corrected chi connectivity index (χ3v) is 9.30. The summed E-state index contributed by atoms with van der Waals surface area (Å²) < 4.78 is 119. The molecule has 57 heavy (non-hydrogen) atoms. The van der Waals surface area contributed by atoms with Crippen LogP contribution in [0.4, 0.5) is 39.5 Å². The second kappa shape index (κ2) is 19.5. The van der Waals surface area contributed by atoms with Crippen molar-refractivity contribution >= 4 is 48.1 Å². The van der Waals surface area contributed by atoms with Gasteiger partial charge in [-0.3, -0.25) is 0 Å². The van der Waals surface area contributed by atoms with Gasteiger partial charge >= 0.3 is 56.4 Å². The molecule has 0 N–H and O–H groups in total. The molecule has 0 fully saturated rings. The Kier molecular flexibility index (Phi) is 16.6. The van der Waals surface area contributed by atoms with E-state index in [0.29, 0.717) is 16.9 Å². The van der Waals surface area contributed by atoms with Gasteiger partial charge in [-0.2, -0.15) is 51.6 Å². The Hall–Kier alpha value is -2.85. The Morgan fingerprint density at radius 2 is 0.947 bits per heavy atom. The fourth-order valence-electron chi connectivity index (χ4n) is 6.50. The maximum absolute atomic E-state index is 13.2. The molecule has 0 saturated heterocycles. The molecule has 2 radical (unpaired) electrons. The molecule has 6 aromatic rings. The fraction of sp³-hybridized carbons (Fsp3) is 0.318. The first-order chi connectivity index (χ1) is 26.4. The molecule has 0 bridgehead atoms. The van der Waals surface area contributed by atoms with Crippen molar-refractivity contribution in [3.63, 3.8) is 0 Å². The number of fused-ring (bicyclic) bond motifs is 2. The molecule has 0 atom stereocenters. The topological polar surface area (TPSA) is 0 Å². The number of alkyl halides is 9. The van der Waals surface area contributed by atoms with Crippen LogP contribution in [0.25, 0.3) is 43.8 Å². The van der Waals surface area contributed by atoms with Crippen LogP contribution in [0, 0.1) is 6.92 Å². The Morgan fingerprint density at radius 3 is 1.32 bits per heavy atom. The Morgan fingerprint density at radius 1 is 0.579 bits per heavy atom. The van der Waals surface area contributed by atoms with E-state index in [2.05, 4.69) is 102 Å².